The number of nitrogens with one attached hydrogen (secondary N) is 1. The molecule has 0 unspecified atom stereocenters. The van der Waals surface area contributed by atoms with Crippen molar-refractivity contribution in [2.45, 2.75) is 68.4 Å². The normalized spacial score (nSPS) is 24.2. The number of amides is 1. The third-order valence-corrected chi connectivity index (χ3v) is 6.16. The molecule has 10 heteroatoms. The zero-order valence-corrected chi connectivity index (χ0v) is 17.2. The minimum atomic E-state index is -4.41. The largest absolute Gasteiger partial charge is 0.408 e. The fourth-order valence-electron chi connectivity index (χ4n) is 3.97. The highest BCUT2D eigenvalue weighted by molar-refractivity contribution is 7.98. The number of aromatic nitrogens is 2. The van der Waals surface area contributed by atoms with Crippen molar-refractivity contribution in [1.29, 1.82) is 0 Å². The molecule has 28 heavy (non-hydrogen) atoms. The third kappa shape index (κ3) is 5.23. The van der Waals surface area contributed by atoms with Crippen molar-refractivity contribution >= 4 is 35.1 Å². The average Bonchev–Trinajstić information content (AvgIpc) is 2.67. The first-order valence-electron chi connectivity index (χ1n) is 9.50. The fourth-order valence-corrected chi connectivity index (χ4v) is 4.57. The number of nitrogens with zero attached hydrogens (tertiary/aromatic N) is 3. The molecular formula is C18H24ClF3N4OS. The van der Waals surface area contributed by atoms with E-state index in [2.05, 4.69) is 15.3 Å². The van der Waals surface area contributed by atoms with Crippen LogP contribution in [0.4, 0.5) is 19.0 Å². The molecule has 5 nitrogen and oxygen atoms in total. The third-order valence-electron chi connectivity index (χ3n) is 5.42. The summed E-state index contributed by atoms with van der Waals surface area (Å²) in [6.07, 6.45) is 2.57. The van der Waals surface area contributed by atoms with Crippen LogP contribution in [-0.2, 0) is 4.79 Å². The molecule has 1 saturated heterocycles. The van der Waals surface area contributed by atoms with Crippen LogP contribution in [0.3, 0.4) is 0 Å². The lowest BCUT2D eigenvalue weighted by molar-refractivity contribution is -0.156. The lowest BCUT2D eigenvalue weighted by Crippen LogP contribution is -2.55. The number of carbonyl (C=O) groups is 1. The minimum absolute atomic E-state index is 0.0378. The molecule has 0 spiro atoms. The molecule has 0 bridgehead atoms. The predicted molar refractivity (Wildman–Crippen MR) is 104 cm³/mol. The Bertz CT molecular complexity index is 700. The number of hydrogen-bond donors (Lipinski definition) is 1. The summed E-state index contributed by atoms with van der Waals surface area (Å²) in [7, 11) is 0. The Morgan fingerprint density at radius 1 is 1.21 bits per heavy atom. The molecule has 1 amide bonds. The number of hydrogen-bond acceptors (Lipinski definition) is 5. The van der Waals surface area contributed by atoms with Crippen molar-refractivity contribution in [3.05, 3.63) is 11.2 Å². The van der Waals surface area contributed by atoms with Crippen molar-refractivity contribution in [1.82, 2.24) is 15.3 Å². The molecule has 1 aromatic rings. The van der Waals surface area contributed by atoms with E-state index in [1.54, 1.807) is 6.26 Å². The van der Waals surface area contributed by atoms with E-state index in [1.807, 2.05) is 0 Å². The van der Waals surface area contributed by atoms with Gasteiger partial charge in [0.1, 0.15) is 17.0 Å². The first-order chi connectivity index (χ1) is 13.3. The van der Waals surface area contributed by atoms with E-state index in [1.165, 1.54) is 29.1 Å². The first kappa shape index (κ1) is 21.5. The van der Waals surface area contributed by atoms with E-state index < -0.39 is 18.1 Å². The van der Waals surface area contributed by atoms with Gasteiger partial charge in [0, 0.05) is 18.7 Å². The Hall–Kier alpha value is -1.22. The molecule has 1 aliphatic carbocycles. The van der Waals surface area contributed by atoms with Crippen LogP contribution in [0.25, 0.3) is 0 Å². The number of thioether (sulfide) groups is 1. The molecule has 1 N–H and O–H groups in total. The van der Waals surface area contributed by atoms with Crippen molar-refractivity contribution in [3.8, 4) is 0 Å². The fraction of sp³-hybridized carbons (Fsp3) is 0.722. The molecule has 2 aliphatic rings. The molecule has 2 fully saturated rings. The van der Waals surface area contributed by atoms with Crippen molar-refractivity contribution in [2.24, 2.45) is 5.92 Å². The monoisotopic (exact) mass is 436 g/mol. The summed E-state index contributed by atoms with van der Waals surface area (Å²) in [4.78, 5) is 22.1. The maximum absolute atomic E-state index is 13.6. The second-order valence-electron chi connectivity index (χ2n) is 7.36. The maximum atomic E-state index is 13.6. The van der Waals surface area contributed by atoms with Crippen molar-refractivity contribution in [3.63, 3.8) is 0 Å². The van der Waals surface area contributed by atoms with Gasteiger partial charge >= 0.3 is 6.18 Å². The number of halogens is 4. The summed E-state index contributed by atoms with van der Waals surface area (Å²) >= 11 is 7.19. The summed E-state index contributed by atoms with van der Waals surface area (Å²) in [5.74, 6) is -0.559. The van der Waals surface area contributed by atoms with E-state index >= 15 is 0 Å². The second kappa shape index (κ2) is 9.07. The van der Waals surface area contributed by atoms with E-state index in [4.69, 9.17) is 11.6 Å². The Kier molecular flexibility index (Phi) is 6.96. The summed E-state index contributed by atoms with van der Waals surface area (Å²) in [6.45, 7) is -0.0378. The van der Waals surface area contributed by atoms with Crippen LogP contribution in [0.1, 0.15) is 44.9 Å². The van der Waals surface area contributed by atoms with Crippen molar-refractivity contribution in [2.75, 3.05) is 17.7 Å². The summed E-state index contributed by atoms with van der Waals surface area (Å²) < 4.78 is 40.9. The summed E-state index contributed by atoms with van der Waals surface area (Å²) in [6, 6.07) is -0.222. The first-order valence-corrected chi connectivity index (χ1v) is 11.1. The zero-order valence-electron chi connectivity index (χ0n) is 15.6. The van der Waals surface area contributed by atoms with Gasteiger partial charge in [0.2, 0.25) is 5.91 Å². The van der Waals surface area contributed by atoms with Gasteiger partial charge in [-0.25, -0.2) is 9.97 Å². The Balaban J connectivity index is 1.79. The lowest BCUT2D eigenvalue weighted by atomic mass is 9.90. The van der Waals surface area contributed by atoms with Crippen LogP contribution in [0.5, 0.6) is 0 Å². The average molecular weight is 437 g/mol. The lowest BCUT2D eigenvalue weighted by Gasteiger charge is -2.41. The van der Waals surface area contributed by atoms with Gasteiger partial charge in [-0.3, -0.25) is 4.79 Å². The molecule has 1 aliphatic heterocycles. The van der Waals surface area contributed by atoms with Gasteiger partial charge in [0.05, 0.1) is 5.92 Å². The summed E-state index contributed by atoms with van der Waals surface area (Å²) in [5, 5.41) is 3.43. The van der Waals surface area contributed by atoms with Gasteiger partial charge in [-0.15, -0.1) is 0 Å². The highest BCUT2D eigenvalue weighted by atomic mass is 35.5. The highest BCUT2D eigenvalue weighted by Crippen LogP contribution is 2.37. The standard InChI is InChI=1S/C18H24ClF3N4OS/c1-28-17-24-14(19)9-15(25-17)26-10-11(7-8-13(26)18(20,21)22)16(27)23-12-5-3-2-4-6-12/h9,11-13H,2-8,10H2,1H3,(H,23,27)/t11-,13-/m1/s1. The molecule has 1 aromatic heterocycles. The van der Waals surface area contributed by atoms with Gasteiger partial charge < -0.3 is 10.2 Å². The number of alkyl halides is 3. The highest BCUT2D eigenvalue weighted by Gasteiger charge is 2.48. The maximum Gasteiger partial charge on any atom is 0.408 e. The molecular weight excluding hydrogens is 413 g/mol. The Labute approximate surface area is 171 Å². The minimum Gasteiger partial charge on any atom is -0.353 e. The van der Waals surface area contributed by atoms with E-state index in [-0.39, 0.29) is 42.3 Å². The van der Waals surface area contributed by atoms with Crippen LogP contribution in [0, 0.1) is 5.92 Å². The van der Waals surface area contributed by atoms with E-state index in [0.717, 1.165) is 25.7 Å². The van der Waals surface area contributed by atoms with Crippen LogP contribution in [0.2, 0.25) is 5.15 Å². The summed E-state index contributed by atoms with van der Waals surface area (Å²) in [5.41, 5.74) is 0. The van der Waals surface area contributed by atoms with Crippen molar-refractivity contribution < 1.29 is 18.0 Å². The predicted octanol–water partition coefficient (Wildman–Crippen LogP) is 4.45. The van der Waals surface area contributed by atoms with Gasteiger partial charge in [0.25, 0.3) is 0 Å². The van der Waals surface area contributed by atoms with Crippen LogP contribution in [0.15, 0.2) is 11.2 Å². The van der Waals surface area contributed by atoms with E-state index in [9.17, 15) is 18.0 Å². The van der Waals surface area contributed by atoms with Crippen LogP contribution >= 0.6 is 23.4 Å². The number of piperidine rings is 1. The quantitative estimate of drug-likeness (QED) is 0.429. The zero-order chi connectivity index (χ0) is 20.3. The van der Waals surface area contributed by atoms with Crippen LogP contribution in [-0.4, -0.2) is 46.9 Å². The SMILES string of the molecule is CSc1nc(Cl)cc(N2C[C@H](C(=O)NC3CCCCC3)CC[C@@H]2C(F)(F)F)n1. The molecule has 2 atom stereocenters. The van der Waals surface area contributed by atoms with Gasteiger partial charge in [0.15, 0.2) is 5.16 Å². The van der Waals surface area contributed by atoms with E-state index in [0.29, 0.717) is 5.16 Å². The number of anilines is 1. The van der Waals surface area contributed by atoms with Crippen LogP contribution < -0.4 is 10.2 Å². The van der Waals surface area contributed by atoms with Gasteiger partial charge in [-0.05, 0) is 31.9 Å². The number of carbonyl (C=O) groups excluding carboxylic acids is 1. The molecule has 156 valence electrons. The topological polar surface area (TPSA) is 58.1 Å². The Morgan fingerprint density at radius 3 is 2.57 bits per heavy atom. The molecule has 3 rings (SSSR count). The van der Waals surface area contributed by atoms with Gasteiger partial charge in [-0.2, -0.15) is 13.2 Å². The molecule has 0 aromatic carbocycles. The number of rotatable bonds is 4. The second-order valence-corrected chi connectivity index (χ2v) is 8.52. The molecule has 1 saturated carbocycles. The smallest absolute Gasteiger partial charge is 0.353 e. The Morgan fingerprint density at radius 2 is 1.93 bits per heavy atom. The molecule has 0 radical (unpaired) electrons. The molecule has 2 heterocycles. The van der Waals surface area contributed by atoms with Gasteiger partial charge in [-0.1, -0.05) is 42.6 Å².